The van der Waals surface area contributed by atoms with Gasteiger partial charge < -0.3 is 24.6 Å². The second-order valence-electron chi connectivity index (χ2n) is 9.12. The Bertz CT molecular complexity index is 1150. The second-order valence-corrected chi connectivity index (χ2v) is 9.12. The maximum absolute atomic E-state index is 11.3. The van der Waals surface area contributed by atoms with E-state index in [0.717, 1.165) is 22.3 Å². The molecule has 0 amide bonds. The first-order chi connectivity index (χ1) is 18.8. The number of aliphatic hydroxyl groups is 1. The van der Waals surface area contributed by atoms with E-state index in [9.17, 15) is 5.11 Å². The number of aliphatic hydroxyl groups excluding tert-OH is 1. The second kappa shape index (κ2) is 18.4. The van der Waals surface area contributed by atoms with E-state index in [1.807, 2.05) is 116 Å². The van der Waals surface area contributed by atoms with Gasteiger partial charge in [0.05, 0.1) is 32.5 Å². The van der Waals surface area contributed by atoms with Crippen molar-refractivity contribution < 1.29 is 59.3 Å². The maximum atomic E-state index is 11.3. The van der Waals surface area contributed by atoms with Gasteiger partial charge in [-0.2, -0.15) is 0 Å². The van der Waals surface area contributed by atoms with Gasteiger partial charge in [0.25, 0.3) is 0 Å². The van der Waals surface area contributed by atoms with Gasteiger partial charge in [-0.3, -0.25) is 0 Å². The molecule has 0 aliphatic carbocycles. The van der Waals surface area contributed by atoms with E-state index >= 15 is 0 Å². The summed E-state index contributed by atoms with van der Waals surface area (Å²) in [5.74, 6) is 0. The predicted octanol–water partition coefficient (Wildman–Crippen LogP) is 5.69. The summed E-state index contributed by atoms with van der Waals surface area (Å²) in [4.78, 5) is 0. The maximum Gasteiger partial charge on any atom is 0.103 e. The fraction of sp³-hybridized carbons (Fsp3) is 0.242. The van der Waals surface area contributed by atoms with E-state index in [-0.39, 0.29) is 46.5 Å². The summed E-state index contributed by atoms with van der Waals surface area (Å²) in [6, 6.07) is 40.0. The molecule has 4 aromatic carbocycles. The summed E-state index contributed by atoms with van der Waals surface area (Å²) in [5, 5.41) is 14.6. The summed E-state index contributed by atoms with van der Waals surface area (Å²) in [6.07, 6.45) is -2.09. The molecule has 0 fully saturated rings. The van der Waals surface area contributed by atoms with Crippen LogP contribution in [0.15, 0.2) is 121 Å². The van der Waals surface area contributed by atoms with Crippen LogP contribution in [-0.4, -0.2) is 30.0 Å². The Morgan fingerprint density at radius 2 is 1.03 bits per heavy atom. The van der Waals surface area contributed by atoms with Crippen LogP contribution in [0, 0.1) is 46.5 Å². The van der Waals surface area contributed by atoms with Crippen LogP contribution in [0.3, 0.4) is 0 Å². The van der Waals surface area contributed by atoms with Crippen molar-refractivity contribution in [3.8, 4) is 0 Å². The molecular weight excluding hydrogens is 706 g/mol. The first-order valence-corrected chi connectivity index (χ1v) is 13.0. The Balaban J connectivity index is 0.00000420. The van der Waals surface area contributed by atoms with Crippen LogP contribution >= 0.6 is 0 Å². The summed E-state index contributed by atoms with van der Waals surface area (Å²) in [5.41, 5.74) is 4.27. The minimum Gasteiger partial charge on any atom is -0.464 e. The molecule has 0 bridgehead atoms. The van der Waals surface area contributed by atoms with Gasteiger partial charge in [-0.05, 0) is 34.9 Å². The number of hydrogen-bond donors (Lipinski definition) is 2. The molecule has 0 aromatic heterocycles. The number of hydrogen-bond acceptors (Lipinski definition) is 5. The molecule has 5 nitrogen and oxygen atoms in total. The third-order valence-corrected chi connectivity index (χ3v) is 6.10. The zero-order valence-corrected chi connectivity index (χ0v) is 26.2. The summed E-state index contributed by atoms with van der Waals surface area (Å²) in [7, 11) is 0. The molecule has 0 aliphatic heterocycles. The van der Waals surface area contributed by atoms with Crippen molar-refractivity contribution in [3.63, 3.8) is 0 Å². The van der Waals surface area contributed by atoms with E-state index in [1.54, 1.807) is 0 Å². The zero-order chi connectivity index (χ0) is 26.3. The van der Waals surface area contributed by atoms with Gasteiger partial charge in [0.15, 0.2) is 0 Å². The molecule has 0 saturated heterocycles. The SMILES string of the molecule is O[C@H](COCc1ccccc1)[C@@H](OCc1ccccc1)[C@@H]([CH-]NCc1ccccc1)OCc1ccccc1.[Th]. The van der Waals surface area contributed by atoms with Gasteiger partial charge >= 0.3 is 0 Å². The van der Waals surface area contributed by atoms with Gasteiger partial charge in [-0.1, -0.05) is 121 Å². The third-order valence-electron chi connectivity index (χ3n) is 6.10. The molecule has 2 N–H and O–H groups in total. The van der Waals surface area contributed by atoms with Gasteiger partial charge in [0, 0.05) is 39.9 Å². The van der Waals surface area contributed by atoms with Crippen molar-refractivity contribution in [2.24, 2.45) is 0 Å². The van der Waals surface area contributed by atoms with Gasteiger partial charge in [0.2, 0.25) is 0 Å². The smallest absolute Gasteiger partial charge is 0.103 e. The van der Waals surface area contributed by atoms with Crippen molar-refractivity contribution in [2.75, 3.05) is 6.61 Å². The van der Waals surface area contributed by atoms with Crippen molar-refractivity contribution in [1.82, 2.24) is 5.32 Å². The molecule has 6 heteroatoms. The normalized spacial score (nSPS) is 13.3. The van der Waals surface area contributed by atoms with Crippen molar-refractivity contribution in [2.45, 2.75) is 44.7 Å². The van der Waals surface area contributed by atoms with E-state index < -0.39 is 18.3 Å². The third kappa shape index (κ3) is 11.6. The Morgan fingerprint density at radius 1 is 0.590 bits per heavy atom. The van der Waals surface area contributed by atoms with E-state index in [1.165, 1.54) is 0 Å². The minimum atomic E-state index is -0.905. The van der Waals surface area contributed by atoms with E-state index in [4.69, 9.17) is 14.2 Å². The summed E-state index contributed by atoms with van der Waals surface area (Å²) in [6.45, 7) is 3.78. The molecule has 0 spiro atoms. The van der Waals surface area contributed by atoms with Crippen molar-refractivity contribution in [1.29, 1.82) is 0 Å². The van der Waals surface area contributed by atoms with Crippen LogP contribution in [0.1, 0.15) is 22.3 Å². The Labute approximate surface area is 264 Å². The largest absolute Gasteiger partial charge is 0.464 e. The van der Waals surface area contributed by atoms with Gasteiger partial charge in [0.1, 0.15) is 6.10 Å². The first kappa shape index (κ1) is 31.5. The Morgan fingerprint density at radius 3 is 1.54 bits per heavy atom. The van der Waals surface area contributed by atoms with E-state index in [2.05, 4.69) is 17.4 Å². The first-order valence-electron chi connectivity index (χ1n) is 13.0. The molecule has 0 heterocycles. The topological polar surface area (TPSA) is 60.0 Å². The quantitative estimate of drug-likeness (QED) is 0.145. The van der Waals surface area contributed by atoms with Crippen LogP contribution in [0.5, 0.6) is 0 Å². The average molecular weight is 743 g/mol. The summed E-state index contributed by atoms with van der Waals surface area (Å²) < 4.78 is 18.5. The number of ether oxygens (including phenoxy) is 3. The molecule has 0 radical (unpaired) electrons. The molecule has 0 aliphatic rings. The molecule has 39 heavy (non-hydrogen) atoms. The molecular formula is C33H36NO4Th-. The summed E-state index contributed by atoms with van der Waals surface area (Å²) >= 11 is 0. The monoisotopic (exact) mass is 742 g/mol. The van der Waals surface area contributed by atoms with Crippen LogP contribution in [0.2, 0.25) is 0 Å². The fourth-order valence-electron chi connectivity index (χ4n) is 4.05. The van der Waals surface area contributed by atoms with E-state index in [0.29, 0.717) is 26.4 Å². The van der Waals surface area contributed by atoms with Crippen LogP contribution in [0.4, 0.5) is 0 Å². The molecule has 4 aromatic rings. The molecule has 0 saturated carbocycles. The number of benzene rings is 4. The van der Waals surface area contributed by atoms with Gasteiger partial charge in [-0.15, -0.1) is 0 Å². The van der Waals surface area contributed by atoms with Crippen LogP contribution in [0.25, 0.3) is 0 Å². The zero-order valence-electron chi connectivity index (χ0n) is 22.1. The molecule has 3 atom stereocenters. The van der Waals surface area contributed by atoms with Crippen LogP contribution in [-0.2, 0) is 40.6 Å². The predicted molar refractivity (Wildman–Crippen MR) is 150 cm³/mol. The average Bonchev–Trinajstić information content (AvgIpc) is 2.98. The van der Waals surface area contributed by atoms with Crippen molar-refractivity contribution >= 4 is 0 Å². The Hall–Kier alpha value is -2.00. The minimum absolute atomic E-state index is 0. The van der Waals surface area contributed by atoms with Crippen LogP contribution < -0.4 is 5.32 Å². The molecule has 0 unspecified atom stereocenters. The van der Waals surface area contributed by atoms with Crippen molar-refractivity contribution in [3.05, 3.63) is 150 Å². The van der Waals surface area contributed by atoms with Gasteiger partial charge in [-0.25, -0.2) is 6.54 Å². The number of rotatable bonds is 16. The Kier molecular flexibility index (Phi) is 14.9. The molecule has 202 valence electrons. The fourth-order valence-corrected chi connectivity index (χ4v) is 4.05. The number of nitrogens with one attached hydrogen (secondary N) is 1. The molecule has 4 rings (SSSR count). The standard InChI is InChI=1S/C33H36NO4.Th/c35-31(26-36-23-28-15-7-2-8-16-28)33(38-25-30-19-11-4-12-20-30)32(37-24-29-17-9-3-10-18-29)22-34-21-27-13-5-1-6-14-27;/h1-20,22,31-35H,21,23-26H2;/q-1;/t31-,32-,33-;/m1./s1.